The van der Waals surface area contributed by atoms with Crippen LogP contribution in [0.4, 0.5) is 5.69 Å². The van der Waals surface area contributed by atoms with Gasteiger partial charge in [-0.25, -0.2) is 4.79 Å². The highest BCUT2D eigenvalue weighted by Gasteiger charge is 2.23. The number of carbonyl (C=O) groups excluding carboxylic acids is 1. The molecule has 0 aliphatic carbocycles. The lowest BCUT2D eigenvalue weighted by Gasteiger charge is -2.36. The van der Waals surface area contributed by atoms with Gasteiger partial charge in [0.05, 0.1) is 30.2 Å². The molecule has 156 valence electrons. The van der Waals surface area contributed by atoms with Gasteiger partial charge in [-0.05, 0) is 31.0 Å². The number of para-hydroxylation sites is 1. The van der Waals surface area contributed by atoms with Crippen LogP contribution in [0.25, 0.3) is 5.69 Å². The summed E-state index contributed by atoms with van der Waals surface area (Å²) in [4.78, 5) is 29.5. The third-order valence-electron chi connectivity index (χ3n) is 5.17. The summed E-state index contributed by atoms with van der Waals surface area (Å²) in [6.45, 7) is 8.99. The Kier molecular flexibility index (Phi) is 6.92. The summed E-state index contributed by atoms with van der Waals surface area (Å²) in [7, 11) is 1.30. The number of piperazine rings is 1. The SMILES string of the molecule is COC(=O)c1ccccc1-n1ncc(N2CCN(CCC(C)C)CC2)c(Cl)c1=O. The molecule has 8 heteroatoms. The van der Waals surface area contributed by atoms with Crippen LogP contribution in [0.5, 0.6) is 0 Å². The molecule has 0 unspecified atom stereocenters. The number of nitrogens with zero attached hydrogens (tertiary/aromatic N) is 4. The number of halogens is 1. The molecule has 1 aromatic carbocycles. The number of esters is 1. The molecule has 2 aromatic rings. The van der Waals surface area contributed by atoms with Crippen LogP contribution in [0.1, 0.15) is 30.6 Å². The Hall–Kier alpha value is -2.38. The first kappa shape index (κ1) is 21.3. The monoisotopic (exact) mass is 418 g/mol. The summed E-state index contributed by atoms with van der Waals surface area (Å²) in [5, 5.41) is 4.40. The Morgan fingerprint density at radius 2 is 1.86 bits per heavy atom. The van der Waals surface area contributed by atoms with Crippen LogP contribution in [-0.2, 0) is 4.74 Å². The Bertz CT molecular complexity index is 920. The smallest absolute Gasteiger partial charge is 0.340 e. The lowest BCUT2D eigenvalue weighted by molar-refractivity contribution is 0.0600. The van der Waals surface area contributed by atoms with E-state index < -0.39 is 11.5 Å². The summed E-state index contributed by atoms with van der Waals surface area (Å²) in [5.41, 5.74) is 0.776. The quantitative estimate of drug-likeness (QED) is 0.672. The molecule has 0 spiro atoms. The molecule has 7 nitrogen and oxygen atoms in total. The highest BCUT2D eigenvalue weighted by molar-refractivity contribution is 6.33. The van der Waals surface area contributed by atoms with E-state index >= 15 is 0 Å². The zero-order chi connectivity index (χ0) is 21.0. The van der Waals surface area contributed by atoms with Crippen LogP contribution in [0.15, 0.2) is 35.3 Å². The van der Waals surface area contributed by atoms with Gasteiger partial charge in [0.2, 0.25) is 0 Å². The predicted molar refractivity (Wildman–Crippen MR) is 114 cm³/mol. The molecule has 0 atom stereocenters. The topological polar surface area (TPSA) is 67.7 Å². The number of methoxy groups -OCH3 is 1. The summed E-state index contributed by atoms with van der Waals surface area (Å²) >= 11 is 6.44. The summed E-state index contributed by atoms with van der Waals surface area (Å²) in [6.07, 6.45) is 2.78. The largest absolute Gasteiger partial charge is 0.465 e. The van der Waals surface area contributed by atoms with Crippen LogP contribution in [0.2, 0.25) is 5.02 Å². The fourth-order valence-corrected chi connectivity index (χ4v) is 3.66. The third-order valence-corrected chi connectivity index (χ3v) is 5.53. The van der Waals surface area contributed by atoms with Crippen LogP contribution in [0, 0.1) is 5.92 Å². The number of anilines is 1. The number of aromatic nitrogens is 2. The zero-order valence-corrected chi connectivity index (χ0v) is 17.9. The number of carbonyl (C=O) groups is 1. The van der Waals surface area contributed by atoms with Crippen LogP contribution >= 0.6 is 11.6 Å². The minimum Gasteiger partial charge on any atom is -0.465 e. The van der Waals surface area contributed by atoms with Gasteiger partial charge in [0, 0.05) is 26.2 Å². The fourth-order valence-electron chi connectivity index (χ4n) is 3.41. The molecule has 0 amide bonds. The van der Waals surface area contributed by atoms with Crippen LogP contribution < -0.4 is 10.5 Å². The summed E-state index contributed by atoms with van der Waals surface area (Å²) in [5.74, 6) is 0.152. The van der Waals surface area contributed by atoms with E-state index in [9.17, 15) is 9.59 Å². The number of ether oxygens (including phenoxy) is 1. The van der Waals surface area contributed by atoms with Crippen molar-refractivity contribution in [3.05, 3.63) is 51.4 Å². The highest BCUT2D eigenvalue weighted by atomic mass is 35.5. The molecular weight excluding hydrogens is 392 g/mol. The minimum absolute atomic E-state index is 0.107. The van der Waals surface area contributed by atoms with Gasteiger partial charge in [0.15, 0.2) is 0 Å². The third kappa shape index (κ3) is 4.79. The molecule has 0 bridgehead atoms. The second kappa shape index (κ2) is 9.41. The van der Waals surface area contributed by atoms with E-state index in [1.807, 2.05) is 0 Å². The van der Waals surface area contributed by atoms with Gasteiger partial charge in [-0.2, -0.15) is 9.78 Å². The van der Waals surface area contributed by atoms with Gasteiger partial charge in [0.1, 0.15) is 5.02 Å². The van der Waals surface area contributed by atoms with E-state index in [0.29, 0.717) is 17.3 Å². The van der Waals surface area contributed by atoms with Gasteiger partial charge >= 0.3 is 5.97 Å². The maximum atomic E-state index is 12.9. The Labute approximate surface area is 175 Å². The molecule has 29 heavy (non-hydrogen) atoms. The first-order chi connectivity index (χ1) is 13.9. The first-order valence-electron chi connectivity index (χ1n) is 9.85. The molecule has 2 heterocycles. The number of hydrogen-bond donors (Lipinski definition) is 0. The molecule has 1 aromatic heterocycles. The van der Waals surface area contributed by atoms with Crippen molar-refractivity contribution in [3.8, 4) is 5.69 Å². The highest BCUT2D eigenvalue weighted by Crippen LogP contribution is 2.24. The molecule has 0 N–H and O–H groups in total. The van der Waals surface area contributed by atoms with Crippen molar-refractivity contribution in [1.29, 1.82) is 0 Å². The summed E-state index contributed by atoms with van der Waals surface area (Å²) < 4.78 is 5.95. The van der Waals surface area contributed by atoms with Gasteiger partial charge < -0.3 is 9.64 Å². The zero-order valence-electron chi connectivity index (χ0n) is 17.1. The van der Waals surface area contributed by atoms with Crippen molar-refractivity contribution < 1.29 is 9.53 Å². The minimum atomic E-state index is -0.535. The number of benzene rings is 1. The van der Waals surface area contributed by atoms with Crippen molar-refractivity contribution in [2.75, 3.05) is 44.7 Å². The lowest BCUT2D eigenvalue weighted by atomic mass is 10.1. The Balaban J connectivity index is 1.82. The maximum Gasteiger partial charge on any atom is 0.340 e. The molecule has 1 aliphatic heterocycles. The average molecular weight is 419 g/mol. The molecule has 1 saturated heterocycles. The molecule has 1 fully saturated rings. The second-order valence-electron chi connectivity index (χ2n) is 7.58. The van der Waals surface area contributed by atoms with Crippen molar-refractivity contribution in [2.45, 2.75) is 20.3 Å². The van der Waals surface area contributed by atoms with E-state index in [2.05, 4.69) is 28.7 Å². The van der Waals surface area contributed by atoms with E-state index in [1.54, 1.807) is 30.5 Å². The van der Waals surface area contributed by atoms with Crippen molar-refractivity contribution >= 4 is 23.3 Å². The number of rotatable bonds is 6. The van der Waals surface area contributed by atoms with Gasteiger partial charge in [-0.15, -0.1) is 0 Å². The fraction of sp³-hybridized carbons (Fsp3) is 0.476. The molecular formula is C21H27ClN4O3. The van der Waals surface area contributed by atoms with Crippen LogP contribution in [0.3, 0.4) is 0 Å². The van der Waals surface area contributed by atoms with Gasteiger partial charge in [-0.3, -0.25) is 9.69 Å². The molecule has 1 aliphatic rings. The van der Waals surface area contributed by atoms with Gasteiger partial charge in [0.25, 0.3) is 5.56 Å². The van der Waals surface area contributed by atoms with Crippen molar-refractivity contribution in [3.63, 3.8) is 0 Å². The maximum absolute atomic E-state index is 12.9. The Morgan fingerprint density at radius 1 is 1.17 bits per heavy atom. The standard InChI is InChI=1S/C21H27ClN4O3/c1-15(2)8-9-24-10-12-25(13-11-24)18-14-23-26(20(27)19(18)22)17-7-5-4-6-16(17)21(28)29-3/h4-7,14-15H,8-13H2,1-3H3. The normalized spacial score (nSPS) is 15.0. The second-order valence-corrected chi connectivity index (χ2v) is 7.96. The van der Waals surface area contributed by atoms with E-state index in [1.165, 1.54) is 13.5 Å². The predicted octanol–water partition coefficient (Wildman–Crippen LogP) is 2.84. The first-order valence-corrected chi connectivity index (χ1v) is 10.2. The summed E-state index contributed by atoms with van der Waals surface area (Å²) in [6, 6.07) is 6.67. The Morgan fingerprint density at radius 3 is 2.52 bits per heavy atom. The average Bonchev–Trinajstić information content (AvgIpc) is 2.74. The molecule has 0 saturated carbocycles. The molecule has 3 rings (SSSR count). The van der Waals surface area contributed by atoms with Crippen molar-refractivity contribution in [1.82, 2.24) is 14.7 Å². The number of hydrogen-bond acceptors (Lipinski definition) is 6. The van der Waals surface area contributed by atoms with Crippen molar-refractivity contribution in [2.24, 2.45) is 5.92 Å². The van der Waals surface area contributed by atoms with E-state index in [4.69, 9.17) is 16.3 Å². The lowest BCUT2D eigenvalue weighted by Crippen LogP contribution is -2.47. The van der Waals surface area contributed by atoms with Crippen LogP contribution in [-0.4, -0.2) is 60.5 Å². The van der Waals surface area contributed by atoms with E-state index in [0.717, 1.165) is 37.4 Å². The van der Waals surface area contributed by atoms with Gasteiger partial charge in [-0.1, -0.05) is 37.6 Å². The van der Waals surface area contributed by atoms with E-state index in [-0.39, 0.29) is 10.6 Å². The molecule has 0 radical (unpaired) electrons.